The molecule has 1 saturated heterocycles. The highest BCUT2D eigenvalue weighted by molar-refractivity contribution is 9.14. The van der Waals surface area contributed by atoms with E-state index in [4.69, 9.17) is 4.74 Å². The van der Waals surface area contributed by atoms with Crippen LogP contribution in [0.3, 0.4) is 0 Å². The van der Waals surface area contributed by atoms with Gasteiger partial charge in [-0.1, -0.05) is 15.9 Å². The van der Waals surface area contributed by atoms with E-state index >= 15 is 0 Å². The molecule has 1 aliphatic heterocycles. The van der Waals surface area contributed by atoms with E-state index in [1.54, 1.807) is 4.90 Å². The fourth-order valence-corrected chi connectivity index (χ4v) is 3.85. The van der Waals surface area contributed by atoms with Crippen LogP contribution in [0, 0.1) is 0 Å². The Morgan fingerprint density at radius 3 is 2.55 bits per heavy atom. The minimum atomic E-state index is -1.53. The number of hydrogen-bond acceptors (Lipinski definition) is 4. The maximum atomic E-state index is 12.2. The summed E-state index contributed by atoms with van der Waals surface area (Å²) >= 11 is 9.43. The summed E-state index contributed by atoms with van der Waals surface area (Å²) in [5.74, 6) is -0.459. The van der Waals surface area contributed by atoms with Crippen LogP contribution in [0.25, 0.3) is 0 Å². The normalized spacial score (nSPS) is 27.7. The third kappa shape index (κ3) is 3.24. The first-order valence-corrected chi connectivity index (χ1v) is 8.30. The van der Waals surface area contributed by atoms with E-state index in [0.717, 1.165) is 0 Å². The van der Waals surface area contributed by atoms with Gasteiger partial charge in [-0.25, -0.2) is 0 Å². The summed E-state index contributed by atoms with van der Waals surface area (Å²) in [6, 6.07) is 0. The van der Waals surface area contributed by atoms with Crippen molar-refractivity contribution in [3.8, 4) is 0 Å². The Kier molecular flexibility index (Phi) is 5.23. The minimum absolute atomic E-state index is 0.134. The predicted molar refractivity (Wildman–Crippen MR) is 83.9 cm³/mol. The number of carbonyl (C=O) groups excluding carboxylic acids is 2. The second kappa shape index (κ2) is 6.39. The van der Waals surface area contributed by atoms with E-state index in [0.29, 0.717) is 26.3 Å². The van der Waals surface area contributed by atoms with E-state index in [1.807, 2.05) is 0 Å². The summed E-state index contributed by atoms with van der Waals surface area (Å²) in [5.41, 5.74) is -1.53. The summed E-state index contributed by atoms with van der Waals surface area (Å²) in [7, 11) is 0. The lowest BCUT2D eigenvalue weighted by Crippen LogP contribution is -2.45. The molecule has 0 spiro atoms. The van der Waals surface area contributed by atoms with Crippen molar-refractivity contribution in [1.29, 1.82) is 0 Å². The average molecular weight is 474 g/mol. The molecule has 1 unspecified atom stereocenters. The van der Waals surface area contributed by atoms with Gasteiger partial charge < -0.3 is 14.7 Å². The van der Waals surface area contributed by atoms with E-state index < -0.39 is 5.60 Å². The van der Waals surface area contributed by atoms with E-state index in [2.05, 4.69) is 47.8 Å². The number of hydrogen-bond donors (Lipinski definition) is 1. The van der Waals surface area contributed by atoms with Crippen LogP contribution in [0.2, 0.25) is 0 Å². The first-order chi connectivity index (χ1) is 9.35. The van der Waals surface area contributed by atoms with Crippen LogP contribution in [0.1, 0.15) is 6.42 Å². The molecular weight excluding hydrogens is 462 g/mol. The Morgan fingerprint density at radius 1 is 1.35 bits per heavy atom. The molecule has 2 aliphatic rings. The molecular formula is C12H12Br3NO4. The van der Waals surface area contributed by atoms with Gasteiger partial charge in [0.05, 0.1) is 28.6 Å². The number of Topliss-reactive ketones (excluding diaryl/α,β-unsaturated/α-hetero) is 1. The van der Waals surface area contributed by atoms with Crippen LogP contribution in [-0.2, 0) is 14.3 Å². The SMILES string of the molecule is O=C1C(Br)=CC(O)(CC(=O)N2CCOCC2)C(Br)=C1Br. The van der Waals surface area contributed by atoms with Gasteiger partial charge in [0.15, 0.2) is 0 Å². The Balaban J connectivity index is 2.18. The number of nitrogens with zero attached hydrogens (tertiary/aromatic N) is 1. The molecule has 1 fully saturated rings. The molecule has 1 heterocycles. The second-order valence-electron chi connectivity index (χ2n) is 4.54. The molecule has 0 aromatic heterocycles. The van der Waals surface area contributed by atoms with E-state index in [1.165, 1.54) is 6.08 Å². The Morgan fingerprint density at radius 2 is 1.95 bits per heavy atom. The van der Waals surface area contributed by atoms with E-state index in [-0.39, 0.29) is 31.6 Å². The van der Waals surface area contributed by atoms with Crippen molar-refractivity contribution in [3.63, 3.8) is 0 Å². The van der Waals surface area contributed by atoms with Gasteiger partial charge in [-0.2, -0.15) is 0 Å². The standard InChI is InChI=1S/C12H12Br3NO4/c13-7-5-12(19,11(15)9(14)10(7)18)6-8(17)16-1-3-20-4-2-16/h5,19H,1-4,6H2. The summed E-state index contributed by atoms with van der Waals surface area (Å²) < 4.78 is 5.89. The van der Waals surface area contributed by atoms with Crippen molar-refractivity contribution in [2.45, 2.75) is 12.0 Å². The van der Waals surface area contributed by atoms with Gasteiger partial charge >= 0.3 is 0 Å². The molecule has 0 aromatic rings. The third-order valence-corrected chi connectivity index (χ3v) is 6.10. The van der Waals surface area contributed by atoms with Crippen molar-refractivity contribution in [2.75, 3.05) is 26.3 Å². The highest BCUT2D eigenvalue weighted by Crippen LogP contribution is 2.40. The molecule has 5 nitrogen and oxygen atoms in total. The van der Waals surface area contributed by atoms with Crippen molar-refractivity contribution >= 4 is 59.5 Å². The molecule has 1 atom stereocenters. The number of aliphatic hydroxyl groups is 1. The molecule has 110 valence electrons. The van der Waals surface area contributed by atoms with Crippen LogP contribution in [-0.4, -0.2) is 53.6 Å². The van der Waals surface area contributed by atoms with Crippen molar-refractivity contribution in [2.24, 2.45) is 0 Å². The topological polar surface area (TPSA) is 66.8 Å². The van der Waals surface area contributed by atoms with Gasteiger partial charge in [0.25, 0.3) is 0 Å². The number of carbonyl (C=O) groups is 2. The van der Waals surface area contributed by atoms with Crippen molar-refractivity contribution in [3.05, 3.63) is 19.5 Å². The summed E-state index contributed by atoms with van der Waals surface area (Å²) in [4.78, 5) is 25.6. The third-order valence-electron chi connectivity index (χ3n) is 3.14. The largest absolute Gasteiger partial charge is 0.380 e. The number of amides is 1. The number of morpholine rings is 1. The molecule has 1 amide bonds. The summed E-state index contributed by atoms with van der Waals surface area (Å²) in [6.45, 7) is 2.04. The molecule has 0 aromatic carbocycles. The van der Waals surface area contributed by atoms with Gasteiger partial charge in [-0.3, -0.25) is 9.59 Å². The van der Waals surface area contributed by atoms with Gasteiger partial charge in [0.1, 0.15) is 5.60 Å². The van der Waals surface area contributed by atoms with Crippen LogP contribution in [0.5, 0.6) is 0 Å². The fourth-order valence-electron chi connectivity index (χ4n) is 2.02. The van der Waals surface area contributed by atoms with Crippen LogP contribution < -0.4 is 0 Å². The Hall–Kier alpha value is -0.0200. The average Bonchev–Trinajstić information content (AvgIpc) is 2.44. The van der Waals surface area contributed by atoms with Crippen LogP contribution in [0.15, 0.2) is 19.5 Å². The van der Waals surface area contributed by atoms with Gasteiger partial charge in [0.2, 0.25) is 11.7 Å². The monoisotopic (exact) mass is 471 g/mol. The lowest BCUT2D eigenvalue weighted by Gasteiger charge is -2.32. The lowest BCUT2D eigenvalue weighted by molar-refractivity contribution is -0.138. The molecule has 8 heteroatoms. The number of halogens is 3. The second-order valence-corrected chi connectivity index (χ2v) is 6.98. The zero-order chi connectivity index (χ0) is 14.9. The zero-order valence-electron chi connectivity index (χ0n) is 10.4. The quantitative estimate of drug-likeness (QED) is 0.664. The van der Waals surface area contributed by atoms with Gasteiger partial charge in [0, 0.05) is 17.6 Å². The smallest absolute Gasteiger partial charge is 0.226 e. The minimum Gasteiger partial charge on any atom is -0.380 e. The van der Waals surface area contributed by atoms with Gasteiger partial charge in [-0.15, -0.1) is 0 Å². The van der Waals surface area contributed by atoms with Gasteiger partial charge in [-0.05, 0) is 37.9 Å². The Labute approximate surface area is 141 Å². The summed E-state index contributed by atoms with van der Waals surface area (Å²) in [6.07, 6.45) is 1.22. The first kappa shape index (κ1) is 16.4. The van der Waals surface area contributed by atoms with Crippen molar-refractivity contribution < 1.29 is 19.4 Å². The highest BCUT2D eigenvalue weighted by Gasteiger charge is 2.40. The maximum Gasteiger partial charge on any atom is 0.226 e. The fraction of sp³-hybridized carbons (Fsp3) is 0.500. The number of ketones is 1. The highest BCUT2D eigenvalue weighted by atomic mass is 79.9. The van der Waals surface area contributed by atoms with Crippen LogP contribution >= 0.6 is 47.8 Å². The Bertz CT molecular complexity index is 511. The number of rotatable bonds is 2. The zero-order valence-corrected chi connectivity index (χ0v) is 15.1. The molecule has 0 saturated carbocycles. The maximum absolute atomic E-state index is 12.2. The molecule has 2 rings (SSSR count). The molecule has 0 radical (unpaired) electrons. The molecule has 0 bridgehead atoms. The predicted octanol–water partition coefficient (Wildman–Crippen LogP) is 1.83. The first-order valence-electron chi connectivity index (χ1n) is 5.92. The molecule has 20 heavy (non-hydrogen) atoms. The molecule has 1 N–H and O–H groups in total. The number of ether oxygens (including phenoxy) is 1. The summed E-state index contributed by atoms with van der Waals surface area (Å²) in [5, 5.41) is 10.6. The molecule has 1 aliphatic carbocycles. The van der Waals surface area contributed by atoms with E-state index in [9.17, 15) is 14.7 Å². The lowest BCUT2D eigenvalue weighted by atomic mass is 9.93. The van der Waals surface area contributed by atoms with Crippen LogP contribution in [0.4, 0.5) is 0 Å². The van der Waals surface area contributed by atoms with Crippen molar-refractivity contribution in [1.82, 2.24) is 4.90 Å². The number of allylic oxidation sites excluding steroid dienone is 2.